The Labute approximate surface area is 109 Å². The van der Waals surface area contributed by atoms with Crippen LogP contribution in [-0.4, -0.2) is 23.4 Å². The van der Waals surface area contributed by atoms with Crippen LogP contribution in [-0.2, 0) is 0 Å². The molecule has 2 N–H and O–H groups in total. The molecule has 1 aromatic rings. The van der Waals surface area contributed by atoms with Crippen molar-refractivity contribution in [2.45, 2.75) is 45.4 Å². The van der Waals surface area contributed by atoms with Crippen molar-refractivity contribution in [3.05, 3.63) is 29.8 Å². The van der Waals surface area contributed by atoms with Gasteiger partial charge in [0.25, 0.3) is 0 Å². The van der Waals surface area contributed by atoms with Gasteiger partial charge >= 0.3 is 0 Å². The van der Waals surface area contributed by atoms with Gasteiger partial charge in [0.1, 0.15) is 11.4 Å². The van der Waals surface area contributed by atoms with Crippen LogP contribution in [0.2, 0.25) is 0 Å². The SMILES string of the molecule is CC(C)C(CO)NC1c2ccccc2OC1(C)C. The van der Waals surface area contributed by atoms with Crippen molar-refractivity contribution in [2.75, 3.05) is 6.61 Å². The number of aliphatic hydroxyl groups excluding tert-OH is 1. The van der Waals surface area contributed by atoms with Crippen LogP contribution in [0.25, 0.3) is 0 Å². The lowest BCUT2D eigenvalue weighted by Crippen LogP contribution is -2.47. The van der Waals surface area contributed by atoms with Gasteiger partial charge in [-0.1, -0.05) is 32.0 Å². The number of aliphatic hydroxyl groups is 1. The summed E-state index contributed by atoms with van der Waals surface area (Å²) in [6.07, 6.45) is 0. The fourth-order valence-electron chi connectivity index (χ4n) is 2.49. The van der Waals surface area contributed by atoms with Gasteiger partial charge in [-0.3, -0.25) is 0 Å². The van der Waals surface area contributed by atoms with E-state index in [1.54, 1.807) is 0 Å². The second kappa shape index (κ2) is 4.90. The van der Waals surface area contributed by atoms with Gasteiger partial charge in [0.2, 0.25) is 0 Å². The molecule has 1 aliphatic rings. The molecule has 0 aliphatic carbocycles. The molecule has 3 heteroatoms. The molecule has 100 valence electrons. The molecule has 1 aromatic carbocycles. The van der Waals surface area contributed by atoms with Gasteiger partial charge in [0, 0.05) is 11.6 Å². The van der Waals surface area contributed by atoms with E-state index >= 15 is 0 Å². The summed E-state index contributed by atoms with van der Waals surface area (Å²) in [5.41, 5.74) is 0.896. The zero-order valence-electron chi connectivity index (χ0n) is 11.6. The molecule has 2 atom stereocenters. The summed E-state index contributed by atoms with van der Waals surface area (Å²) in [6, 6.07) is 8.32. The minimum Gasteiger partial charge on any atom is -0.486 e. The number of hydrogen-bond acceptors (Lipinski definition) is 3. The Balaban J connectivity index is 2.25. The predicted molar refractivity (Wildman–Crippen MR) is 72.7 cm³/mol. The van der Waals surface area contributed by atoms with E-state index in [-0.39, 0.29) is 24.3 Å². The number of rotatable bonds is 4. The Hall–Kier alpha value is -1.06. The number of benzene rings is 1. The van der Waals surface area contributed by atoms with Crippen molar-refractivity contribution in [3.63, 3.8) is 0 Å². The van der Waals surface area contributed by atoms with E-state index in [9.17, 15) is 5.11 Å². The highest BCUT2D eigenvalue weighted by molar-refractivity contribution is 5.42. The van der Waals surface area contributed by atoms with Crippen LogP contribution in [0, 0.1) is 5.92 Å². The third-order valence-corrected chi connectivity index (χ3v) is 3.68. The van der Waals surface area contributed by atoms with Crippen LogP contribution in [0.15, 0.2) is 24.3 Å². The summed E-state index contributed by atoms with van der Waals surface area (Å²) in [6.45, 7) is 8.54. The molecule has 0 amide bonds. The third-order valence-electron chi connectivity index (χ3n) is 3.68. The zero-order valence-corrected chi connectivity index (χ0v) is 11.6. The summed E-state index contributed by atoms with van der Waals surface area (Å²) in [4.78, 5) is 0. The quantitative estimate of drug-likeness (QED) is 0.861. The van der Waals surface area contributed by atoms with Gasteiger partial charge < -0.3 is 15.2 Å². The van der Waals surface area contributed by atoms with E-state index < -0.39 is 0 Å². The van der Waals surface area contributed by atoms with Crippen LogP contribution in [0.5, 0.6) is 5.75 Å². The molecule has 0 fully saturated rings. The van der Waals surface area contributed by atoms with Crippen LogP contribution < -0.4 is 10.1 Å². The lowest BCUT2D eigenvalue weighted by atomic mass is 9.92. The van der Waals surface area contributed by atoms with Gasteiger partial charge in [-0.05, 0) is 25.8 Å². The van der Waals surface area contributed by atoms with Crippen molar-refractivity contribution in [2.24, 2.45) is 5.92 Å². The van der Waals surface area contributed by atoms with Crippen molar-refractivity contribution in [1.29, 1.82) is 0 Å². The van der Waals surface area contributed by atoms with Crippen molar-refractivity contribution >= 4 is 0 Å². The second-order valence-electron chi connectivity index (χ2n) is 5.88. The molecule has 0 saturated heterocycles. The normalized spacial score (nSPS) is 22.7. The first-order valence-corrected chi connectivity index (χ1v) is 6.60. The van der Waals surface area contributed by atoms with Crippen molar-refractivity contribution < 1.29 is 9.84 Å². The minimum atomic E-state index is -0.286. The predicted octanol–water partition coefficient (Wildman–Crippen LogP) is 2.51. The first-order chi connectivity index (χ1) is 8.45. The lowest BCUT2D eigenvalue weighted by molar-refractivity contribution is 0.0790. The summed E-state index contributed by atoms with van der Waals surface area (Å²) >= 11 is 0. The average molecular weight is 249 g/mol. The van der Waals surface area contributed by atoms with Crippen LogP contribution in [0.1, 0.15) is 39.3 Å². The molecule has 2 unspecified atom stereocenters. The largest absolute Gasteiger partial charge is 0.486 e. The standard InChI is InChI=1S/C15H23NO2/c1-10(2)12(9-17)16-14-11-7-5-6-8-13(11)18-15(14,3)4/h5-8,10,12,14,16-17H,9H2,1-4H3. The van der Waals surface area contributed by atoms with E-state index in [4.69, 9.17) is 4.74 Å². The average Bonchev–Trinajstić information content (AvgIpc) is 2.55. The second-order valence-corrected chi connectivity index (χ2v) is 5.88. The summed E-state index contributed by atoms with van der Waals surface area (Å²) in [5, 5.41) is 13.0. The summed E-state index contributed by atoms with van der Waals surface area (Å²) in [7, 11) is 0. The van der Waals surface area contributed by atoms with E-state index in [1.807, 2.05) is 18.2 Å². The Morgan fingerprint density at radius 2 is 2.00 bits per heavy atom. The minimum absolute atomic E-state index is 0.0871. The molecule has 0 saturated carbocycles. The molecule has 0 aromatic heterocycles. The van der Waals surface area contributed by atoms with E-state index in [0.717, 1.165) is 5.75 Å². The monoisotopic (exact) mass is 249 g/mol. The van der Waals surface area contributed by atoms with Gasteiger partial charge in [0.15, 0.2) is 0 Å². The number of hydrogen-bond donors (Lipinski definition) is 2. The Bertz CT molecular complexity index is 415. The maximum atomic E-state index is 9.47. The van der Waals surface area contributed by atoms with Gasteiger partial charge in [-0.15, -0.1) is 0 Å². The maximum Gasteiger partial charge on any atom is 0.125 e. The zero-order chi connectivity index (χ0) is 13.3. The maximum absolute atomic E-state index is 9.47. The summed E-state index contributed by atoms with van der Waals surface area (Å²) in [5.74, 6) is 1.33. The molecular weight excluding hydrogens is 226 g/mol. The molecule has 1 heterocycles. The van der Waals surface area contributed by atoms with Crippen LogP contribution in [0.4, 0.5) is 0 Å². The number of ether oxygens (including phenoxy) is 1. The number of para-hydroxylation sites is 1. The van der Waals surface area contributed by atoms with Gasteiger partial charge in [-0.25, -0.2) is 0 Å². The molecule has 1 aliphatic heterocycles. The van der Waals surface area contributed by atoms with E-state index in [0.29, 0.717) is 5.92 Å². The molecule has 18 heavy (non-hydrogen) atoms. The Morgan fingerprint density at radius 1 is 1.33 bits per heavy atom. The molecular formula is C15H23NO2. The first kappa shape index (κ1) is 13.4. The topological polar surface area (TPSA) is 41.5 Å². The molecule has 0 radical (unpaired) electrons. The first-order valence-electron chi connectivity index (χ1n) is 6.60. The van der Waals surface area contributed by atoms with Crippen LogP contribution in [0.3, 0.4) is 0 Å². The van der Waals surface area contributed by atoms with Gasteiger partial charge in [0.05, 0.1) is 12.6 Å². The van der Waals surface area contributed by atoms with E-state index in [1.165, 1.54) is 5.56 Å². The number of fused-ring (bicyclic) bond motifs is 1. The van der Waals surface area contributed by atoms with E-state index in [2.05, 4.69) is 39.1 Å². The lowest BCUT2D eigenvalue weighted by Gasteiger charge is -2.32. The molecule has 2 rings (SSSR count). The highest BCUT2D eigenvalue weighted by Gasteiger charge is 2.41. The Kier molecular flexibility index (Phi) is 3.64. The Morgan fingerprint density at radius 3 is 2.61 bits per heavy atom. The number of nitrogens with one attached hydrogen (secondary N) is 1. The van der Waals surface area contributed by atoms with Crippen molar-refractivity contribution in [1.82, 2.24) is 5.32 Å². The highest BCUT2D eigenvalue weighted by atomic mass is 16.5. The molecule has 0 spiro atoms. The highest BCUT2D eigenvalue weighted by Crippen LogP contribution is 2.43. The van der Waals surface area contributed by atoms with Crippen molar-refractivity contribution in [3.8, 4) is 5.75 Å². The molecule has 0 bridgehead atoms. The van der Waals surface area contributed by atoms with Crippen LogP contribution >= 0.6 is 0 Å². The fourth-order valence-corrected chi connectivity index (χ4v) is 2.49. The smallest absolute Gasteiger partial charge is 0.125 e. The molecule has 3 nitrogen and oxygen atoms in total. The fraction of sp³-hybridized carbons (Fsp3) is 0.600. The van der Waals surface area contributed by atoms with Gasteiger partial charge in [-0.2, -0.15) is 0 Å². The summed E-state index contributed by atoms with van der Waals surface area (Å²) < 4.78 is 5.99. The third kappa shape index (κ3) is 2.38.